The summed E-state index contributed by atoms with van der Waals surface area (Å²) in [5.74, 6) is -0.997. The largest absolute Gasteiger partial charge is 0.462 e. The van der Waals surface area contributed by atoms with E-state index in [-0.39, 0.29) is 13.2 Å². The van der Waals surface area contributed by atoms with Crippen molar-refractivity contribution in [3.05, 3.63) is 68.1 Å². The Hall–Kier alpha value is -3.49. The second-order valence-corrected chi connectivity index (χ2v) is 5.35. The molecule has 1 N–H and O–H groups in total. The van der Waals surface area contributed by atoms with E-state index in [0.29, 0.717) is 16.9 Å². The van der Waals surface area contributed by atoms with Crippen molar-refractivity contribution in [1.29, 1.82) is 0 Å². The Balaban J connectivity index is 2.12. The lowest BCUT2D eigenvalue weighted by atomic mass is 10.2. The topological polar surface area (TPSA) is 121 Å². The predicted octanol–water partition coefficient (Wildman–Crippen LogP) is 1.88. The van der Waals surface area contributed by atoms with E-state index in [4.69, 9.17) is 4.74 Å². The number of carbonyl (C=O) groups is 2. The van der Waals surface area contributed by atoms with E-state index in [0.717, 1.165) is 10.6 Å². The summed E-state index contributed by atoms with van der Waals surface area (Å²) in [5.41, 5.74) is -0.256. The van der Waals surface area contributed by atoms with E-state index in [1.807, 2.05) is 0 Å². The van der Waals surface area contributed by atoms with Crippen molar-refractivity contribution in [3.63, 3.8) is 0 Å². The van der Waals surface area contributed by atoms with Gasteiger partial charge in [-0.25, -0.2) is 4.79 Å². The Morgan fingerprint density at radius 1 is 1.19 bits per heavy atom. The fourth-order valence-electron chi connectivity index (χ4n) is 2.24. The molecule has 0 radical (unpaired) electrons. The minimum Gasteiger partial charge on any atom is -0.462 e. The number of esters is 1. The van der Waals surface area contributed by atoms with E-state index in [1.165, 1.54) is 30.3 Å². The number of rotatable bonds is 6. The van der Waals surface area contributed by atoms with Crippen LogP contribution in [0.4, 0.5) is 11.4 Å². The highest BCUT2D eigenvalue weighted by Crippen LogP contribution is 2.11. The van der Waals surface area contributed by atoms with Gasteiger partial charge in [-0.2, -0.15) is 0 Å². The maximum atomic E-state index is 12.2. The number of benzene rings is 1. The first-order chi connectivity index (χ1) is 12.3. The van der Waals surface area contributed by atoms with Gasteiger partial charge in [-0.15, -0.1) is 0 Å². The maximum absolute atomic E-state index is 12.2. The molecule has 1 aromatic carbocycles. The molecule has 0 saturated carbocycles. The molecule has 0 fully saturated rings. The molecule has 0 aliphatic heterocycles. The molecule has 0 saturated heterocycles. The molecule has 0 unspecified atom stereocenters. The van der Waals surface area contributed by atoms with E-state index >= 15 is 0 Å². The third-order valence-corrected chi connectivity index (χ3v) is 3.55. The Kier molecular flexibility index (Phi) is 5.84. The lowest BCUT2D eigenvalue weighted by Gasteiger charge is -2.10. The SMILES string of the molecule is CCOC(=O)c1ccc(NC(=O)Cn2c(C)ccc([N+](=O)[O-])c2=O)cc1. The minimum absolute atomic E-state index is 0.259. The number of nitrogens with one attached hydrogen (secondary N) is 1. The molecule has 9 heteroatoms. The minimum atomic E-state index is -0.845. The van der Waals surface area contributed by atoms with Crippen molar-refractivity contribution in [1.82, 2.24) is 4.57 Å². The summed E-state index contributed by atoms with van der Waals surface area (Å²) in [6.07, 6.45) is 0. The van der Waals surface area contributed by atoms with Crippen LogP contribution in [0.3, 0.4) is 0 Å². The van der Waals surface area contributed by atoms with Crippen molar-refractivity contribution in [3.8, 4) is 0 Å². The number of hydrogen-bond acceptors (Lipinski definition) is 6. The summed E-state index contributed by atoms with van der Waals surface area (Å²) in [6.45, 7) is 3.16. The van der Waals surface area contributed by atoms with Gasteiger partial charge in [0, 0.05) is 17.4 Å². The van der Waals surface area contributed by atoms with Gasteiger partial charge in [0.1, 0.15) is 6.54 Å². The summed E-state index contributed by atoms with van der Waals surface area (Å²) >= 11 is 0. The monoisotopic (exact) mass is 359 g/mol. The predicted molar refractivity (Wildman–Crippen MR) is 93.1 cm³/mol. The zero-order chi connectivity index (χ0) is 19.3. The molecule has 136 valence electrons. The Labute approximate surface area is 148 Å². The second kappa shape index (κ2) is 8.06. The molecule has 0 aliphatic carbocycles. The second-order valence-electron chi connectivity index (χ2n) is 5.35. The van der Waals surface area contributed by atoms with E-state index in [2.05, 4.69) is 5.32 Å². The molecular formula is C17H17N3O6. The zero-order valence-corrected chi connectivity index (χ0v) is 14.2. The average molecular weight is 359 g/mol. The van der Waals surface area contributed by atoms with Gasteiger partial charge < -0.3 is 10.1 Å². The highest BCUT2D eigenvalue weighted by Gasteiger charge is 2.17. The van der Waals surface area contributed by atoms with Crippen LogP contribution < -0.4 is 10.9 Å². The molecule has 1 aromatic heterocycles. The summed E-state index contributed by atoms with van der Waals surface area (Å²) in [5, 5.41) is 13.4. The third kappa shape index (κ3) is 4.32. The van der Waals surface area contributed by atoms with Crippen molar-refractivity contribution >= 4 is 23.3 Å². The molecule has 0 bridgehead atoms. The first-order valence-corrected chi connectivity index (χ1v) is 7.75. The number of nitro groups is 1. The summed E-state index contributed by atoms with van der Waals surface area (Å²) < 4.78 is 5.89. The van der Waals surface area contributed by atoms with Crippen LogP contribution in [0.15, 0.2) is 41.2 Å². The molecule has 9 nitrogen and oxygen atoms in total. The third-order valence-electron chi connectivity index (χ3n) is 3.55. The first-order valence-electron chi connectivity index (χ1n) is 7.75. The highest BCUT2D eigenvalue weighted by atomic mass is 16.6. The van der Waals surface area contributed by atoms with Crippen molar-refractivity contribution in [2.75, 3.05) is 11.9 Å². The number of hydrogen-bond donors (Lipinski definition) is 1. The summed E-state index contributed by atoms with van der Waals surface area (Å²) in [7, 11) is 0. The van der Waals surface area contributed by atoms with Gasteiger partial charge >= 0.3 is 17.2 Å². The number of nitrogens with zero attached hydrogens (tertiary/aromatic N) is 2. The number of ether oxygens (including phenoxy) is 1. The van der Waals surface area contributed by atoms with Crippen LogP contribution in [0.25, 0.3) is 0 Å². The number of aromatic nitrogens is 1. The zero-order valence-electron chi connectivity index (χ0n) is 14.2. The number of amides is 1. The number of anilines is 1. The molecule has 1 amide bonds. The van der Waals surface area contributed by atoms with E-state index < -0.39 is 28.0 Å². The lowest BCUT2D eigenvalue weighted by Crippen LogP contribution is -2.30. The number of carbonyl (C=O) groups excluding carboxylic acids is 2. The summed E-state index contributed by atoms with van der Waals surface area (Å²) in [4.78, 5) is 45.9. The average Bonchev–Trinajstić information content (AvgIpc) is 2.59. The van der Waals surface area contributed by atoms with Crippen LogP contribution in [-0.4, -0.2) is 28.0 Å². The van der Waals surface area contributed by atoms with Gasteiger partial charge in [0.2, 0.25) is 5.91 Å². The Bertz CT molecular complexity index is 902. The van der Waals surface area contributed by atoms with Gasteiger partial charge in [0.25, 0.3) is 0 Å². The number of aryl methyl sites for hydroxylation is 1. The summed E-state index contributed by atoms with van der Waals surface area (Å²) in [6, 6.07) is 8.55. The van der Waals surface area contributed by atoms with Gasteiger partial charge in [-0.1, -0.05) is 0 Å². The standard InChI is InChI=1S/C17H17N3O6/c1-3-26-17(23)12-5-7-13(8-6-12)18-15(21)10-19-11(2)4-9-14(16(19)22)20(24)25/h4-9H,3,10H2,1-2H3,(H,18,21). The van der Waals surface area contributed by atoms with Crippen LogP contribution >= 0.6 is 0 Å². The molecule has 26 heavy (non-hydrogen) atoms. The molecule has 1 heterocycles. The van der Waals surface area contributed by atoms with Gasteiger partial charge in [-0.05, 0) is 44.2 Å². The van der Waals surface area contributed by atoms with Crippen LogP contribution in [0.5, 0.6) is 0 Å². The lowest BCUT2D eigenvalue weighted by molar-refractivity contribution is -0.386. The Morgan fingerprint density at radius 2 is 1.85 bits per heavy atom. The molecular weight excluding hydrogens is 342 g/mol. The maximum Gasteiger partial charge on any atom is 0.338 e. The molecule has 2 rings (SSSR count). The van der Waals surface area contributed by atoms with Crippen LogP contribution in [0, 0.1) is 17.0 Å². The normalized spacial score (nSPS) is 10.2. The van der Waals surface area contributed by atoms with Crippen molar-refractivity contribution in [2.45, 2.75) is 20.4 Å². The highest BCUT2D eigenvalue weighted by molar-refractivity contribution is 5.93. The fourth-order valence-corrected chi connectivity index (χ4v) is 2.24. The quantitative estimate of drug-likeness (QED) is 0.477. The van der Waals surface area contributed by atoms with Crippen LogP contribution in [0.1, 0.15) is 23.0 Å². The molecule has 0 spiro atoms. The molecule has 0 aliphatic rings. The van der Waals surface area contributed by atoms with Gasteiger partial charge in [-0.3, -0.25) is 24.3 Å². The van der Waals surface area contributed by atoms with Crippen molar-refractivity contribution < 1.29 is 19.2 Å². The van der Waals surface area contributed by atoms with Crippen molar-refractivity contribution in [2.24, 2.45) is 0 Å². The van der Waals surface area contributed by atoms with E-state index in [1.54, 1.807) is 13.8 Å². The fraction of sp³-hybridized carbons (Fsp3) is 0.235. The van der Waals surface area contributed by atoms with Crippen LogP contribution in [0.2, 0.25) is 0 Å². The van der Waals surface area contributed by atoms with E-state index in [9.17, 15) is 24.5 Å². The molecule has 0 atom stereocenters. The van der Waals surface area contributed by atoms with Crippen LogP contribution in [-0.2, 0) is 16.1 Å². The first kappa shape index (κ1) is 18.8. The smallest absolute Gasteiger partial charge is 0.338 e. The number of pyridine rings is 1. The molecule has 2 aromatic rings. The Morgan fingerprint density at radius 3 is 2.42 bits per heavy atom. The van der Waals surface area contributed by atoms with Gasteiger partial charge in [0.05, 0.1) is 17.1 Å². The van der Waals surface area contributed by atoms with Gasteiger partial charge in [0.15, 0.2) is 0 Å².